The van der Waals surface area contributed by atoms with Gasteiger partial charge in [-0.3, -0.25) is 4.79 Å². The zero-order valence-electron chi connectivity index (χ0n) is 18.1. The normalized spacial score (nSPS) is 11.4. The molecule has 1 N–H and O–H groups in total. The van der Waals surface area contributed by atoms with E-state index in [0.717, 1.165) is 11.1 Å². The number of carbonyl (C=O) groups is 1. The van der Waals surface area contributed by atoms with Gasteiger partial charge in [0.1, 0.15) is 0 Å². The number of amides is 1. The minimum absolute atomic E-state index is 0.222. The van der Waals surface area contributed by atoms with Gasteiger partial charge in [-0.1, -0.05) is 35.0 Å². The van der Waals surface area contributed by atoms with Crippen molar-refractivity contribution in [3.8, 4) is 22.8 Å². The number of nitrogens with zero attached hydrogens (tertiary/aromatic N) is 5. The summed E-state index contributed by atoms with van der Waals surface area (Å²) in [5.41, 5.74) is 2.37. The molecule has 0 aliphatic rings. The Balaban J connectivity index is 1.34. The summed E-state index contributed by atoms with van der Waals surface area (Å²) in [6.07, 6.45) is -4.74. The highest BCUT2D eigenvalue weighted by Crippen LogP contribution is 2.29. The lowest BCUT2D eigenvalue weighted by Crippen LogP contribution is -2.33. The lowest BCUT2D eigenvalue weighted by molar-refractivity contribution is -0.159. The Morgan fingerprint density at radius 3 is 2.50 bits per heavy atom. The van der Waals surface area contributed by atoms with Crippen molar-refractivity contribution in [1.82, 2.24) is 25.6 Å². The van der Waals surface area contributed by atoms with Gasteiger partial charge in [-0.15, -0.1) is 0 Å². The van der Waals surface area contributed by atoms with Crippen LogP contribution in [0.4, 0.5) is 19.1 Å². The van der Waals surface area contributed by atoms with E-state index in [1.165, 1.54) is 24.3 Å². The highest BCUT2D eigenvalue weighted by atomic mass is 19.4. The van der Waals surface area contributed by atoms with Crippen LogP contribution < -0.4 is 10.2 Å². The first-order valence-electron chi connectivity index (χ1n) is 10.1. The second-order valence-electron chi connectivity index (χ2n) is 7.44. The molecule has 4 aromatic rings. The summed E-state index contributed by atoms with van der Waals surface area (Å²) in [6.45, 7) is 2.63. The lowest BCUT2D eigenvalue weighted by Gasteiger charge is -2.14. The van der Waals surface area contributed by atoms with E-state index in [1.807, 2.05) is 31.2 Å². The van der Waals surface area contributed by atoms with Gasteiger partial charge in [0.25, 0.3) is 17.7 Å². The van der Waals surface area contributed by atoms with E-state index in [-0.39, 0.29) is 23.5 Å². The van der Waals surface area contributed by atoms with E-state index in [4.69, 9.17) is 4.52 Å². The van der Waals surface area contributed by atoms with Gasteiger partial charge in [0.05, 0.1) is 0 Å². The molecule has 176 valence electrons. The number of halogens is 3. The van der Waals surface area contributed by atoms with E-state index < -0.39 is 18.0 Å². The van der Waals surface area contributed by atoms with Crippen molar-refractivity contribution in [3.05, 3.63) is 65.5 Å². The van der Waals surface area contributed by atoms with Gasteiger partial charge in [0, 0.05) is 36.8 Å². The third kappa shape index (κ3) is 5.22. The first-order valence-corrected chi connectivity index (χ1v) is 10.1. The van der Waals surface area contributed by atoms with E-state index in [1.54, 1.807) is 11.9 Å². The Bertz CT molecular complexity index is 1280. The van der Waals surface area contributed by atoms with Crippen LogP contribution in [-0.2, 0) is 6.18 Å². The molecule has 2 heterocycles. The molecule has 0 saturated carbocycles. The van der Waals surface area contributed by atoms with Crippen LogP contribution in [0.25, 0.3) is 22.8 Å². The summed E-state index contributed by atoms with van der Waals surface area (Å²) in [5, 5.41) is 10.0. The minimum Gasteiger partial charge on any atom is -0.350 e. The standard InChI is InChI=1S/C22H19F3N6O3/c1-13-6-8-14(9-7-13)19-28-21(30-33-19)31(2)11-10-26-18(32)16-5-3-4-15(12-16)17-27-20(34-29-17)22(23,24)25/h3-9,12H,10-11H2,1-2H3,(H,26,32). The number of carbonyl (C=O) groups excluding carboxylic acids is 1. The predicted octanol–water partition coefficient (Wildman–Crippen LogP) is 3.98. The maximum absolute atomic E-state index is 12.7. The second-order valence-corrected chi connectivity index (χ2v) is 7.44. The van der Waals surface area contributed by atoms with E-state index >= 15 is 0 Å². The number of alkyl halides is 3. The Morgan fingerprint density at radius 1 is 1.03 bits per heavy atom. The lowest BCUT2D eigenvalue weighted by atomic mass is 10.1. The van der Waals surface area contributed by atoms with Gasteiger partial charge in [-0.25, -0.2) is 0 Å². The molecule has 0 saturated heterocycles. The number of benzene rings is 2. The molecular formula is C22H19F3N6O3. The molecule has 2 aromatic carbocycles. The van der Waals surface area contributed by atoms with Gasteiger partial charge < -0.3 is 19.3 Å². The zero-order valence-corrected chi connectivity index (χ0v) is 18.1. The van der Waals surface area contributed by atoms with Crippen LogP contribution >= 0.6 is 0 Å². The molecule has 0 fully saturated rings. The topological polar surface area (TPSA) is 110 Å². The van der Waals surface area contributed by atoms with Crippen LogP contribution in [0.5, 0.6) is 0 Å². The fourth-order valence-electron chi connectivity index (χ4n) is 2.98. The molecular weight excluding hydrogens is 453 g/mol. The third-order valence-electron chi connectivity index (χ3n) is 4.84. The van der Waals surface area contributed by atoms with Crippen molar-refractivity contribution in [2.45, 2.75) is 13.1 Å². The number of aromatic nitrogens is 4. The smallest absolute Gasteiger partial charge is 0.350 e. The van der Waals surface area contributed by atoms with Crippen LogP contribution in [0.2, 0.25) is 0 Å². The number of likely N-dealkylation sites (N-methyl/N-ethyl adjacent to an activating group) is 1. The molecule has 0 aliphatic heterocycles. The summed E-state index contributed by atoms with van der Waals surface area (Å²) in [6, 6.07) is 13.6. The molecule has 1 amide bonds. The molecule has 0 bridgehead atoms. The van der Waals surface area contributed by atoms with Crippen molar-refractivity contribution < 1.29 is 27.0 Å². The largest absolute Gasteiger partial charge is 0.471 e. The number of nitrogens with one attached hydrogen (secondary N) is 1. The van der Waals surface area contributed by atoms with Gasteiger partial charge in [-0.2, -0.15) is 23.1 Å². The number of hydrogen-bond acceptors (Lipinski definition) is 8. The van der Waals surface area contributed by atoms with Crippen molar-refractivity contribution in [1.29, 1.82) is 0 Å². The fraction of sp³-hybridized carbons (Fsp3) is 0.227. The molecule has 34 heavy (non-hydrogen) atoms. The van der Waals surface area contributed by atoms with Gasteiger partial charge >= 0.3 is 12.1 Å². The van der Waals surface area contributed by atoms with Gasteiger partial charge in [0.2, 0.25) is 5.82 Å². The Morgan fingerprint density at radius 2 is 1.79 bits per heavy atom. The molecule has 4 rings (SSSR count). The van der Waals surface area contributed by atoms with Crippen molar-refractivity contribution >= 4 is 11.9 Å². The predicted molar refractivity (Wildman–Crippen MR) is 115 cm³/mol. The van der Waals surface area contributed by atoms with Crippen molar-refractivity contribution in [2.75, 3.05) is 25.0 Å². The maximum atomic E-state index is 12.7. The average molecular weight is 472 g/mol. The highest BCUT2D eigenvalue weighted by molar-refractivity contribution is 5.95. The summed E-state index contributed by atoms with van der Waals surface area (Å²) in [5.74, 6) is -1.37. The van der Waals surface area contributed by atoms with Crippen molar-refractivity contribution in [2.24, 2.45) is 0 Å². The van der Waals surface area contributed by atoms with Crippen LogP contribution in [0.15, 0.2) is 57.6 Å². The van der Waals surface area contributed by atoms with Gasteiger partial charge in [-0.05, 0) is 36.3 Å². The minimum atomic E-state index is -4.74. The molecule has 9 nitrogen and oxygen atoms in total. The summed E-state index contributed by atoms with van der Waals surface area (Å²) < 4.78 is 47.6. The molecule has 0 spiro atoms. The number of aryl methyl sites for hydroxylation is 1. The summed E-state index contributed by atoms with van der Waals surface area (Å²) in [4.78, 5) is 21.9. The number of anilines is 1. The first kappa shape index (κ1) is 23.0. The molecule has 0 atom stereocenters. The monoisotopic (exact) mass is 472 g/mol. The van der Waals surface area contributed by atoms with Crippen LogP contribution in [0, 0.1) is 6.92 Å². The van der Waals surface area contributed by atoms with Crippen LogP contribution in [0.1, 0.15) is 21.8 Å². The first-order chi connectivity index (χ1) is 16.2. The van der Waals surface area contributed by atoms with E-state index in [0.29, 0.717) is 18.4 Å². The molecule has 2 aromatic heterocycles. The molecule has 12 heteroatoms. The zero-order chi connectivity index (χ0) is 24.3. The summed E-state index contributed by atoms with van der Waals surface area (Å²) in [7, 11) is 1.75. The Labute approximate surface area is 191 Å². The van der Waals surface area contributed by atoms with E-state index in [9.17, 15) is 18.0 Å². The SMILES string of the molecule is Cc1ccc(-c2nc(N(C)CCNC(=O)c3cccc(-c4noc(C(F)(F)F)n4)c3)no2)cc1. The molecule has 0 unspecified atom stereocenters. The second kappa shape index (κ2) is 9.33. The van der Waals surface area contributed by atoms with Crippen molar-refractivity contribution in [3.63, 3.8) is 0 Å². The Kier molecular flexibility index (Phi) is 6.30. The van der Waals surface area contributed by atoms with Crippen LogP contribution in [-0.4, -0.2) is 46.3 Å². The third-order valence-corrected chi connectivity index (χ3v) is 4.84. The molecule has 0 aliphatic carbocycles. The number of hydrogen-bond donors (Lipinski definition) is 1. The van der Waals surface area contributed by atoms with Gasteiger partial charge in [0.15, 0.2) is 0 Å². The molecule has 0 radical (unpaired) electrons. The fourth-order valence-corrected chi connectivity index (χ4v) is 2.98. The average Bonchev–Trinajstić information content (AvgIpc) is 3.50. The highest BCUT2D eigenvalue weighted by Gasteiger charge is 2.38. The quantitative estimate of drug-likeness (QED) is 0.430. The van der Waals surface area contributed by atoms with E-state index in [2.05, 4.69) is 30.1 Å². The number of rotatable bonds is 7. The summed E-state index contributed by atoms with van der Waals surface area (Å²) >= 11 is 0. The van der Waals surface area contributed by atoms with Crippen LogP contribution in [0.3, 0.4) is 0 Å². The Hall–Kier alpha value is -4.22. The maximum Gasteiger partial charge on any atom is 0.471 e.